The highest BCUT2D eigenvalue weighted by Crippen LogP contribution is 2.30. The van der Waals surface area contributed by atoms with Crippen molar-refractivity contribution in [1.82, 2.24) is 4.90 Å². The van der Waals surface area contributed by atoms with E-state index >= 15 is 0 Å². The number of morpholine rings is 1. The van der Waals surface area contributed by atoms with Crippen LogP contribution in [0.3, 0.4) is 0 Å². The SMILES string of the molecule is C[C@@H]1CN([C@@H](C)C(=O)Nc2c(Cl)cccc2Cl)C[C@H](C)O1. The second-order valence-electron chi connectivity index (χ2n) is 5.47. The number of benzene rings is 1. The van der Waals surface area contributed by atoms with Crippen LogP contribution in [0, 0.1) is 0 Å². The lowest BCUT2D eigenvalue weighted by atomic mass is 10.1. The van der Waals surface area contributed by atoms with Gasteiger partial charge in [-0.05, 0) is 32.9 Å². The summed E-state index contributed by atoms with van der Waals surface area (Å²) in [6, 6.07) is 4.88. The highest BCUT2D eigenvalue weighted by molar-refractivity contribution is 6.39. The number of para-hydroxylation sites is 1. The van der Waals surface area contributed by atoms with Crippen molar-refractivity contribution in [2.75, 3.05) is 18.4 Å². The molecule has 0 aliphatic carbocycles. The van der Waals surface area contributed by atoms with E-state index in [1.807, 2.05) is 20.8 Å². The fraction of sp³-hybridized carbons (Fsp3) is 0.533. The molecular weight excluding hydrogens is 311 g/mol. The van der Waals surface area contributed by atoms with Crippen molar-refractivity contribution in [2.24, 2.45) is 0 Å². The third kappa shape index (κ3) is 4.10. The molecule has 6 heteroatoms. The summed E-state index contributed by atoms with van der Waals surface area (Å²) in [7, 11) is 0. The van der Waals surface area contributed by atoms with Gasteiger partial charge in [-0.2, -0.15) is 0 Å². The molecule has 1 amide bonds. The van der Waals surface area contributed by atoms with E-state index in [1.54, 1.807) is 18.2 Å². The van der Waals surface area contributed by atoms with Crippen LogP contribution in [0.25, 0.3) is 0 Å². The Bertz CT molecular complexity index is 494. The average Bonchev–Trinajstić information content (AvgIpc) is 2.41. The Morgan fingerprint density at radius 3 is 2.33 bits per heavy atom. The lowest BCUT2D eigenvalue weighted by Gasteiger charge is -2.38. The minimum absolute atomic E-state index is 0.118. The van der Waals surface area contributed by atoms with E-state index in [1.165, 1.54) is 0 Å². The zero-order valence-corrected chi connectivity index (χ0v) is 13.9. The van der Waals surface area contributed by atoms with Crippen LogP contribution in [-0.4, -0.2) is 42.1 Å². The molecule has 0 bridgehead atoms. The molecule has 0 unspecified atom stereocenters. The molecule has 1 aromatic carbocycles. The summed E-state index contributed by atoms with van der Waals surface area (Å²) >= 11 is 12.2. The second-order valence-corrected chi connectivity index (χ2v) is 6.29. The van der Waals surface area contributed by atoms with Crippen LogP contribution in [0.4, 0.5) is 5.69 Å². The van der Waals surface area contributed by atoms with Gasteiger partial charge in [0.2, 0.25) is 5.91 Å². The van der Waals surface area contributed by atoms with E-state index in [9.17, 15) is 4.79 Å². The highest BCUT2D eigenvalue weighted by atomic mass is 35.5. The van der Waals surface area contributed by atoms with Gasteiger partial charge in [0.05, 0.1) is 34.0 Å². The fourth-order valence-electron chi connectivity index (χ4n) is 2.54. The first-order chi connectivity index (χ1) is 9.88. The van der Waals surface area contributed by atoms with Gasteiger partial charge in [-0.15, -0.1) is 0 Å². The number of nitrogens with one attached hydrogen (secondary N) is 1. The minimum Gasteiger partial charge on any atom is -0.373 e. The van der Waals surface area contributed by atoms with Crippen LogP contribution in [0.1, 0.15) is 20.8 Å². The number of anilines is 1. The summed E-state index contributed by atoms with van der Waals surface area (Å²) in [5.74, 6) is -0.119. The molecule has 1 aliphatic heterocycles. The van der Waals surface area contributed by atoms with Crippen LogP contribution < -0.4 is 5.32 Å². The van der Waals surface area contributed by atoms with E-state index < -0.39 is 0 Å². The molecule has 1 N–H and O–H groups in total. The van der Waals surface area contributed by atoms with Crippen molar-refractivity contribution in [1.29, 1.82) is 0 Å². The Labute approximate surface area is 135 Å². The van der Waals surface area contributed by atoms with Crippen LogP contribution in [0.5, 0.6) is 0 Å². The lowest BCUT2D eigenvalue weighted by molar-refractivity contribution is -0.126. The zero-order chi connectivity index (χ0) is 15.6. The van der Waals surface area contributed by atoms with Crippen molar-refractivity contribution < 1.29 is 9.53 Å². The third-order valence-corrected chi connectivity index (χ3v) is 4.22. The van der Waals surface area contributed by atoms with Crippen molar-refractivity contribution in [2.45, 2.75) is 39.0 Å². The maximum Gasteiger partial charge on any atom is 0.241 e. The van der Waals surface area contributed by atoms with E-state index in [-0.39, 0.29) is 24.2 Å². The zero-order valence-electron chi connectivity index (χ0n) is 12.4. The molecule has 2 rings (SSSR count). The van der Waals surface area contributed by atoms with Crippen LogP contribution in [-0.2, 0) is 9.53 Å². The van der Waals surface area contributed by atoms with E-state index in [4.69, 9.17) is 27.9 Å². The molecule has 1 heterocycles. The van der Waals surface area contributed by atoms with Crippen molar-refractivity contribution in [3.8, 4) is 0 Å². The van der Waals surface area contributed by atoms with Crippen molar-refractivity contribution in [3.05, 3.63) is 28.2 Å². The van der Waals surface area contributed by atoms with Gasteiger partial charge < -0.3 is 10.1 Å². The first-order valence-electron chi connectivity index (χ1n) is 7.03. The van der Waals surface area contributed by atoms with Gasteiger partial charge in [-0.1, -0.05) is 29.3 Å². The van der Waals surface area contributed by atoms with Gasteiger partial charge in [0.15, 0.2) is 0 Å². The number of hydrogen-bond donors (Lipinski definition) is 1. The Hall–Kier alpha value is -0.810. The van der Waals surface area contributed by atoms with Gasteiger partial charge in [0, 0.05) is 13.1 Å². The average molecular weight is 331 g/mol. The molecule has 116 valence electrons. The summed E-state index contributed by atoms with van der Waals surface area (Å²) in [4.78, 5) is 14.5. The van der Waals surface area contributed by atoms with Crippen LogP contribution >= 0.6 is 23.2 Å². The molecule has 0 radical (unpaired) electrons. The van der Waals surface area contributed by atoms with Gasteiger partial charge in [0.1, 0.15) is 0 Å². The standard InChI is InChI=1S/C15H20Cl2N2O2/c1-9-7-19(8-10(2)21-9)11(3)15(20)18-14-12(16)5-4-6-13(14)17/h4-6,9-11H,7-8H2,1-3H3,(H,18,20)/t9-,10+,11-/m0/s1. The molecule has 0 saturated carbocycles. The minimum atomic E-state index is -0.272. The number of carbonyl (C=O) groups is 1. The van der Waals surface area contributed by atoms with E-state index in [0.29, 0.717) is 15.7 Å². The molecule has 4 nitrogen and oxygen atoms in total. The molecule has 21 heavy (non-hydrogen) atoms. The number of ether oxygens (including phenoxy) is 1. The first kappa shape index (κ1) is 16.6. The lowest BCUT2D eigenvalue weighted by Crippen LogP contribution is -2.52. The number of rotatable bonds is 3. The molecule has 1 aromatic rings. The summed E-state index contributed by atoms with van der Waals surface area (Å²) in [6.45, 7) is 7.37. The Kier molecular flexibility index (Phi) is 5.49. The third-order valence-electron chi connectivity index (χ3n) is 3.59. The maximum atomic E-state index is 12.4. The quantitative estimate of drug-likeness (QED) is 0.923. The maximum absolute atomic E-state index is 12.4. The van der Waals surface area contributed by atoms with E-state index in [2.05, 4.69) is 10.2 Å². The number of amides is 1. The molecule has 3 atom stereocenters. The largest absolute Gasteiger partial charge is 0.373 e. The predicted molar refractivity (Wildman–Crippen MR) is 86.1 cm³/mol. The first-order valence-corrected chi connectivity index (χ1v) is 7.78. The van der Waals surface area contributed by atoms with Gasteiger partial charge in [0.25, 0.3) is 0 Å². The Balaban J connectivity index is 2.06. The fourth-order valence-corrected chi connectivity index (χ4v) is 3.04. The van der Waals surface area contributed by atoms with Crippen molar-refractivity contribution >= 4 is 34.8 Å². The van der Waals surface area contributed by atoms with Crippen LogP contribution in [0.2, 0.25) is 10.0 Å². The second kappa shape index (κ2) is 6.97. The summed E-state index contributed by atoms with van der Waals surface area (Å²) < 4.78 is 5.69. The smallest absolute Gasteiger partial charge is 0.241 e. The van der Waals surface area contributed by atoms with Crippen molar-refractivity contribution in [3.63, 3.8) is 0 Å². The molecule has 0 spiro atoms. The molecule has 1 aliphatic rings. The molecule has 1 saturated heterocycles. The molecule has 0 aromatic heterocycles. The van der Waals surface area contributed by atoms with Gasteiger partial charge >= 0.3 is 0 Å². The number of nitrogens with zero attached hydrogens (tertiary/aromatic N) is 1. The summed E-state index contributed by atoms with van der Waals surface area (Å²) in [5, 5.41) is 3.69. The number of hydrogen-bond acceptors (Lipinski definition) is 3. The van der Waals surface area contributed by atoms with Crippen LogP contribution in [0.15, 0.2) is 18.2 Å². The number of halogens is 2. The number of carbonyl (C=O) groups excluding carboxylic acids is 1. The molecule has 1 fully saturated rings. The monoisotopic (exact) mass is 330 g/mol. The van der Waals surface area contributed by atoms with Gasteiger partial charge in [-0.3, -0.25) is 9.69 Å². The highest BCUT2D eigenvalue weighted by Gasteiger charge is 2.29. The Morgan fingerprint density at radius 1 is 1.29 bits per heavy atom. The van der Waals surface area contributed by atoms with Gasteiger partial charge in [-0.25, -0.2) is 0 Å². The summed E-state index contributed by atoms with van der Waals surface area (Å²) in [5.41, 5.74) is 0.465. The molecular formula is C15H20Cl2N2O2. The normalized spacial score (nSPS) is 24.6. The predicted octanol–water partition coefficient (Wildman–Crippen LogP) is 3.43. The topological polar surface area (TPSA) is 41.6 Å². The van der Waals surface area contributed by atoms with E-state index in [0.717, 1.165) is 13.1 Å². The summed E-state index contributed by atoms with van der Waals surface area (Å²) in [6.07, 6.45) is 0.237. The Morgan fingerprint density at radius 2 is 1.81 bits per heavy atom.